The molecule has 0 heterocycles. The van der Waals surface area contributed by atoms with E-state index in [2.05, 4.69) is 0 Å². The van der Waals surface area contributed by atoms with Crippen molar-refractivity contribution < 1.29 is 18.3 Å². The van der Waals surface area contributed by atoms with E-state index in [0.29, 0.717) is 0 Å². The lowest BCUT2D eigenvalue weighted by Crippen LogP contribution is -2.28. The quantitative estimate of drug-likeness (QED) is 0.896. The van der Waals surface area contributed by atoms with Gasteiger partial charge in [-0.05, 0) is 24.1 Å². The molecule has 0 aliphatic rings. The lowest BCUT2D eigenvalue weighted by atomic mass is 10.0. The monoisotopic (exact) mass is 323 g/mol. The van der Waals surface area contributed by atoms with Crippen molar-refractivity contribution in [2.45, 2.75) is 18.6 Å². The van der Waals surface area contributed by atoms with Gasteiger partial charge in [0.2, 0.25) is 0 Å². The molecule has 2 nitrogen and oxygen atoms in total. The van der Waals surface area contributed by atoms with Crippen LogP contribution in [-0.2, 0) is 12.6 Å². The van der Waals surface area contributed by atoms with Gasteiger partial charge in [0, 0.05) is 6.04 Å². The Kier molecular flexibility index (Phi) is 6.74. The van der Waals surface area contributed by atoms with Gasteiger partial charge in [-0.25, -0.2) is 0 Å². The van der Waals surface area contributed by atoms with E-state index in [1.807, 2.05) is 0 Å². The third-order valence-electron chi connectivity index (χ3n) is 2.17. The summed E-state index contributed by atoms with van der Waals surface area (Å²) in [6, 6.07) is 1.12. The highest BCUT2D eigenvalue weighted by atomic mass is 35.5. The van der Waals surface area contributed by atoms with E-state index in [4.69, 9.17) is 34.0 Å². The molecule has 0 bridgehead atoms. The predicted octanol–water partition coefficient (Wildman–Crippen LogP) is 3.30. The van der Waals surface area contributed by atoms with Gasteiger partial charge in [0.25, 0.3) is 0 Å². The number of aliphatic hydroxyl groups excluding tert-OH is 1. The summed E-state index contributed by atoms with van der Waals surface area (Å²) in [6.07, 6.45) is -4.65. The summed E-state index contributed by atoms with van der Waals surface area (Å²) in [5.74, 6) is 0. The highest BCUT2D eigenvalue weighted by Gasteiger charge is 2.34. The summed E-state index contributed by atoms with van der Waals surface area (Å²) in [4.78, 5) is 0. The fourth-order valence-corrected chi connectivity index (χ4v) is 1.72. The van der Waals surface area contributed by atoms with Crippen molar-refractivity contribution in [2.75, 3.05) is 6.61 Å². The first-order valence-corrected chi connectivity index (χ1v) is 5.43. The number of rotatable bonds is 3. The van der Waals surface area contributed by atoms with Gasteiger partial charge < -0.3 is 10.8 Å². The first-order chi connectivity index (χ1) is 7.75. The molecule has 18 heavy (non-hydrogen) atoms. The summed E-state index contributed by atoms with van der Waals surface area (Å²) < 4.78 is 38.1. The van der Waals surface area contributed by atoms with Gasteiger partial charge in [0.05, 0.1) is 22.2 Å². The van der Waals surface area contributed by atoms with Crippen molar-refractivity contribution in [3.05, 3.63) is 33.3 Å². The maximum absolute atomic E-state index is 12.7. The molecule has 0 radical (unpaired) electrons. The van der Waals surface area contributed by atoms with Crippen molar-refractivity contribution in [3.8, 4) is 0 Å². The molecule has 1 aromatic rings. The van der Waals surface area contributed by atoms with E-state index in [1.54, 1.807) is 0 Å². The van der Waals surface area contributed by atoms with E-state index in [0.717, 1.165) is 12.1 Å². The average Bonchev–Trinajstić information content (AvgIpc) is 2.21. The van der Waals surface area contributed by atoms with E-state index in [1.165, 1.54) is 0 Å². The molecule has 8 heteroatoms. The fourth-order valence-electron chi connectivity index (χ4n) is 1.37. The predicted molar refractivity (Wildman–Crippen MR) is 67.5 cm³/mol. The van der Waals surface area contributed by atoms with Crippen molar-refractivity contribution in [2.24, 2.45) is 5.73 Å². The van der Waals surface area contributed by atoms with E-state index < -0.39 is 24.4 Å². The highest BCUT2D eigenvalue weighted by molar-refractivity contribution is 6.42. The molecule has 0 aromatic heterocycles. The van der Waals surface area contributed by atoms with Crippen LogP contribution in [0.2, 0.25) is 10.0 Å². The lowest BCUT2D eigenvalue weighted by Gasteiger charge is -2.16. The fraction of sp³-hybridized carbons (Fsp3) is 0.400. The van der Waals surface area contributed by atoms with Gasteiger partial charge in [-0.2, -0.15) is 13.2 Å². The van der Waals surface area contributed by atoms with E-state index in [9.17, 15) is 13.2 Å². The number of nitrogens with two attached hydrogens (primary N) is 1. The Morgan fingerprint density at radius 1 is 1.22 bits per heavy atom. The molecule has 0 saturated heterocycles. The van der Waals surface area contributed by atoms with Crippen LogP contribution in [0.5, 0.6) is 0 Å². The van der Waals surface area contributed by atoms with Crippen LogP contribution < -0.4 is 5.73 Å². The first kappa shape index (κ1) is 17.8. The molecule has 0 aliphatic heterocycles. The van der Waals surface area contributed by atoms with Crippen LogP contribution in [0, 0.1) is 0 Å². The Hall–Kier alpha value is -0.200. The van der Waals surface area contributed by atoms with Crippen LogP contribution in [0.15, 0.2) is 12.1 Å². The Balaban J connectivity index is 0.00000289. The number of hydrogen-bond donors (Lipinski definition) is 2. The van der Waals surface area contributed by atoms with Crippen LogP contribution in [0.25, 0.3) is 0 Å². The Labute approximate surface area is 118 Å². The summed E-state index contributed by atoms with van der Waals surface area (Å²) >= 11 is 11.2. The third-order valence-corrected chi connectivity index (χ3v) is 2.89. The van der Waals surface area contributed by atoms with Crippen LogP contribution in [0.4, 0.5) is 13.2 Å². The number of halogens is 6. The smallest absolute Gasteiger partial charge is 0.395 e. The molecule has 1 atom stereocenters. The van der Waals surface area contributed by atoms with Crippen LogP contribution in [-0.4, -0.2) is 17.8 Å². The van der Waals surface area contributed by atoms with Crippen LogP contribution in [0.1, 0.15) is 11.1 Å². The third kappa shape index (κ3) is 4.48. The molecule has 0 amide bonds. The van der Waals surface area contributed by atoms with Crippen LogP contribution >= 0.6 is 35.6 Å². The van der Waals surface area contributed by atoms with Gasteiger partial charge in [-0.15, -0.1) is 12.4 Å². The Bertz CT molecular complexity index is 412. The zero-order valence-electron chi connectivity index (χ0n) is 8.97. The van der Waals surface area contributed by atoms with Crippen molar-refractivity contribution in [1.29, 1.82) is 0 Å². The van der Waals surface area contributed by atoms with Gasteiger partial charge in [0.1, 0.15) is 0 Å². The SMILES string of the molecule is Cl.NC(CO)Cc1cc(Cl)c(Cl)cc1C(F)(F)F. The minimum Gasteiger partial charge on any atom is -0.395 e. The molecule has 0 fully saturated rings. The molecule has 0 aliphatic carbocycles. The standard InChI is InChI=1S/C10H10Cl2F3NO.ClH/c11-8-2-5(1-6(16)4-17)7(3-9(8)12)10(13,14)15;/h2-3,6,17H,1,4,16H2;1H. The molecular weight excluding hydrogens is 313 g/mol. The van der Waals surface area contributed by atoms with Gasteiger partial charge in [-0.3, -0.25) is 0 Å². The first-order valence-electron chi connectivity index (χ1n) is 4.67. The second-order valence-corrected chi connectivity index (χ2v) is 4.38. The summed E-state index contributed by atoms with van der Waals surface area (Å²) in [7, 11) is 0. The molecule has 1 aromatic carbocycles. The summed E-state index contributed by atoms with van der Waals surface area (Å²) in [5, 5.41) is 8.61. The highest BCUT2D eigenvalue weighted by Crippen LogP contribution is 2.37. The molecular formula is C10H11Cl3F3NO. The van der Waals surface area contributed by atoms with E-state index in [-0.39, 0.29) is 34.4 Å². The average molecular weight is 325 g/mol. The topological polar surface area (TPSA) is 46.2 Å². The second-order valence-electron chi connectivity index (χ2n) is 3.57. The summed E-state index contributed by atoms with van der Waals surface area (Å²) in [6.45, 7) is -0.405. The van der Waals surface area contributed by atoms with Crippen molar-refractivity contribution in [1.82, 2.24) is 0 Å². The minimum absolute atomic E-state index is 0. The van der Waals surface area contributed by atoms with Gasteiger partial charge >= 0.3 is 6.18 Å². The maximum atomic E-state index is 12.7. The minimum atomic E-state index is -4.53. The maximum Gasteiger partial charge on any atom is 0.416 e. The number of aliphatic hydroxyl groups is 1. The number of alkyl halides is 3. The second kappa shape index (κ2) is 6.82. The van der Waals surface area contributed by atoms with Crippen LogP contribution in [0.3, 0.4) is 0 Å². The number of benzene rings is 1. The van der Waals surface area contributed by atoms with Gasteiger partial charge in [0.15, 0.2) is 0 Å². The van der Waals surface area contributed by atoms with Gasteiger partial charge in [-0.1, -0.05) is 23.2 Å². The molecule has 104 valence electrons. The Morgan fingerprint density at radius 3 is 2.17 bits per heavy atom. The van der Waals surface area contributed by atoms with E-state index >= 15 is 0 Å². The zero-order valence-corrected chi connectivity index (χ0v) is 11.3. The summed E-state index contributed by atoms with van der Waals surface area (Å²) in [5.41, 5.74) is 4.46. The molecule has 0 saturated carbocycles. The molecule has 3 N–H and O–H groups in total. The lowest BCUT2D eigenvalue weighted by molar-refractivity contribution is -0.138. The zero-order chi connectivity index (χ0) is 13.2. The Morgan fingerprint density at radius 2 is 1.72 bits per heavy atom. The largest absolute Gasteiger partial charge is 0.416 e. The normalized spacial score (nSPS) is 13.1. The molecule has 1 rings (SSSR count). The van der Waals surface area contributed by atoms with Crippen molar-refractivity contribution in [3.63, 3.8) is 0 Å². The molecule has 0 spiro atoms. The van der Waals surface area contributed by atoms with Crippen molar-refractivity contribution >= 4 is 35.6 Å². The number of hydrogen-bond acceptors (Lipinski definition) is 2. The molecule has 1 unspecified atom stereocenters.